The number of fused-ring (bicyclic) bond motifs is 1. The topological polar surface area (TPSA) is 49.4 Å². The Morgan fingerprint density at radius 2 is 1.95 bits per heavy atom. The van der Waals surface area contributed by atoms with Gasteiger partial charge in [0.1, 0.15) is 0 Å². The van der Waals surface area contributed by atoms with Gasteiger partial charge in [0.2, 0.25) is 5.91 Å². The third-order valence-corrected chi connectivity index (χ3v) is 4.69. The fourth-order valence-corrected chi connectivity index (χ4v) is 3.52. The first-order valence-corrected chi connectivity index (χ1v) is 7.93. The van der Waals surface area contributed by atoms with Gasteiger partial charge < -0.3 is 10.2 Å². The minimum Gasteiger partial charge on any atom is -0.350 e. The fraction of sp³-hybridized carbons (Fsp3) is 0.500. The van der Waals surface area contributed by atoms with E-state index in [9.17, 15) is 9.59 Å². The summed E-state index contributed by atoms with van der Waals surface area (Å²) < 4.78 is -1.13. The molecule has 2 rings (SSSR count). The third-order valence-electron chi connectivity index (χ3n) is 3.36. The lowest BCUT2D eigenvalue weighted by Gasteiger charge is -2.39. The van der Waals surface area contributed by atoms with Gasteiger partial charge in [0.25, 0.3) is 5.91 Å². The number of thioether (sulfide) groups is 1. The highest BCUT2D eigenvalue weighted by atomic mass is 32.2. The molecule has 1 unspecified atom stereocenters. The van der Waals surface area contributed by atoms with Gasteiger partial charge in [0, 0.05) is 17.0 Å². The SMILES string of the molecule is CCN1C(=O)C(C)(C(=O)NC(C)(C)C)Sc2ccccc21. The first-order valence-electron chi connectivity index (χ1n) is 7.11. The van der Waals surface area contributed by atoms with Crippen LogP contribution in [0.3, 0.4) is 0 Å². The second-order valence-corrected chi connectivity index (χ2v) is 7.82. The Bertz CT molecular complexity index is 580. The van der Waals surface area contributed by atoms with Crippen molar-refractivity contribution in [1.82, 2.24) is 5.32 Å². The van der Waals surface area contributed by atoms with Crippen LogP contribution in [0.5, 0.6) is 0 Å². The van der Waals surface area contributed by atoms with Crippen LogP contribution < -0.4 is 10.2 Å². The molecule has 1 aliphatic rings. The van der Waals surface area contributed by atoms with Crippen molar-refractivity contribution in [3.63, 3.8) is 0 Å². The summed E-state index contributed by atoms with van der Waals surface area (Å²) in [5.74, 6) is -0.395. The predicted molar refractivity (Wildman–Crippen MR) is 86.6 cm³/mol. The molecule has 1 aromatic rings. The van der Waals surface area contributed by atoms with E-state index in [1.807, 2.05) is 52.0 Å². The van der Waals surface area contributed by atoms with Crippen LogP contribution in [0.2, 0.25) is 0 Å². The minimum atomic E-state index is -1.13. The molecule has 1 aromatic carbocycles. The summed E-state index contributed by atoms with van der Waals surface area (Å²) in [6.07, 6.45) is 0. The van der Waals surface area contributed by atoms with Crippen molar-refractivity contribution in [2.45, 2.75) is 49.8 Å². The molecule has 4 nitrogen and oxygen atoms in total. The highest BCUT2D eigenvalue weighted by Crippen LogP contribution is 2.45. The zero-order valence-electron chi connectivity index (χ0n) is 13.2. The van der Waals surface area contributed by atoms with Crippen LogP contribution in [-0.2, 0) is 9.59 Å². The number of para-hydroxylation sites is 1. The Kier molecular flexibility index (Phi) is 4.06. The summed E-state index contributed by atoms with van der Waals surface area (Å²) in [5, 5.41) is 2.93. The van der Waals surface area contributed by atoms with Gasteiger partial charge in [0.15, 0.2) is 4.75 Å². The number of nitrogens with zero attached hydrogens (tertiary/aromatic N) is 1. The molecule has 1 aliphatic heterocycles. The molecule has 2 amide bonds. The average Bonchev–Trinajstić information content (AvgIpc) is 2.38. The van der Waals surface area contributed by atoms with Crippen LogP contribution in [-0.4, -0.2) is 28.6 Å². The molecule has 0 aliphatic carbocycles. The van der Waals surface area contributed by atoms with Gasteiger partial charge in [0.05, 0.1) is 5.69 Å². The molecule has 21 heavy (non-hydrogen) atoms. The summed E-state index contributed by atoms with van der Waals surface area (Å²) in [6.45, 7) is 9.93. The molecule has 0 saturated heterocycles. The van der Waals surface area contributed by atoms with Crippen molar-refractivity contribution in [3.8, 4) is 0 Å². The van der Waals surface area contributed by atoms with Crippen molar-refractivity contribution in [2.24, 2.45) is 0 Å². The van der Waals surface area contributed by atoms with Crippen LogP contribution in [0.1, 0.15) is 34.6 Å². The maximum absolute atomic E-state index is 12.8. The summed E-state index contributed by atoms with van der Waals surface area (Å²) in [5.41, 5.74) is 0.519. The molecular formula is C16H22N2O2S. The first kappa shape index (κ1) is 15.9. The summed E-state index contributed by atoms with van der Waals surface area (Å²) in [4.78, 5) is 28.1. The lowest BCUT2D eigenvalue weighted by atomic mass is 10.0. The van der Waals surface area contributed by atoms with Crippen LogP contribution >= 0.6 is 11.8 Å². The van der Waals surface area contributed by atoms with E-state index in [1.54, 1.807) is 11.8 Å². The number of hydrogen-bond donors (Lipinski definition) is 1. The maximum atomic E-state index is 12.8. The van der Waals surface area contributed by atoms with Gasteiger partial charge in [-0.3, -0.25) is 9.59 Å². The minimum absolute atomic E-state index is 0.157. The molecule has 0 aromatic heterocycles. The van der Waals surface area contributed by atoms with Crippen molar-refractivity contribution in [1.29, 1.82) is 0 Å². The summed E-state index contributed by atoms with van der Waals surface area (Å²) in [6, 6.07) is 7.72. The van der Waals surface area contributed by atoms with Gasteiger partial charge in [-0.15, -0.1) is 0 Å². The van der Waals surface area contributed by atoms with Crippen LogP contribution in [0, 0.1) is 0 Å². The van der Waals surface area contributed by atoms with E-state index in [1.165, 1.54) is 11.8 Å². The van der Waals surface area contributed by atoms with Gasteiger partial charge in [-0.05, 0) is 46.8 Å². The monoisotopic (exact) mass is 306 g/mol. The average molecular weight is 306 g/mol. The smallest absolute Gasteiger partial charge is 0.252 e. The molecule has 114 valence electrons. The summed E-state index contributed by atoms with van der Waals surface area (Å²) >= 11 is 1.33. The highest BCUT2D eigenvalue weighted by Gasteiger charge is 2.49. The van der Waals surface area contributed by atoms with E-state index in [0.717, 1.165) is 10.6 Å². The van der Waals surface area contributed by atoms with Crippen molar-refractivity contribution in [3.05, 3.63) is 24.3 Å². The Balaban J connectivity index is 2.42. The molecule has 1 atom stereocenters. The number of carbonyl (C=O) groups is 2. The first-order chi connectivity index (χ1) is 9.69. The van der Waals surface area contributed by atoms with E-state index in [4.69, 9.17) is 0 Å². The molecule has 1 N–H and O–H groups in total. The standard InChI is InChI=1S/C16H22N2O2S/c1-6-18-11-9-7-8-10-12(11)21-16(5,14(18)20)13(19)17-15(2,3)4/h7-10H,6H2,1-5H3,(H,17,19). The van der Waals surface area contributed by atoms with Gasteiger partial charge in [-0.1, -0.05) is 23.9 Å². The molecule has 0 saturated carbocycles. The maximum Gasteiger partial charge on any atom is 0.252 e. The molecule has 0 spiro atoms. The number of amides is 2. The van der Waals surface area contributed by atoms with Crippen molar-refractivity contribution in [2.75, 3.05) is 11.4 Å². The quantitative estimate of drug-likeness (QED) is 0.855. The van der Waals surface area contributed by atoms with Gasteiger partial charge in [-0.2, -0.15) is 0 Å². The molecular weight excluding hydrogens is 284 g/mol. The summed E-state index contributed by atoms with van der Waals surface area (Å²) in [7, 11) is 0. The van der Waals surface area contributed by atoms with Gasteiger partial charge in [-0.25, -0.2) is 0 Å². The normalized spacial score (nSPS) is 22.0. The zero-order valence-corrected chi connectivity index (χ0v) is 14.0. The molecule has 1 heterocycles. The second-order valence-electron chi connectivity index (χ2n) is 6.36. The fourth-order valence-electron chi connectivity index (χ4n) is 2.31. The number of rotatable bonds is 2. The van der Waals surface area contributed by atoms with Gasteiger partial charge >= 0.3 is 0 Å². The lowest BCUT2D eigenvalue weighted by Crippen LogP contribution is -2.59. The number of benzene rings is 1. The van der Waals surface area contributed by atoms with E-state index in [0.29, 0.717) is 6.54 Å². The van der Waals surface area contributed by atoms with E-state index in [2.05, 4.69) is 5.32 Å². The van der Waals surface area contributed by atoms with E-state index >= 15 is 0 Å². The van der Waals surface area contributed by atoms with Crippen LogP contribution in [0.15, 0.2) is 29.2 Å². The number of anilines is 1. The van der Waals surface area contributed by atoms with Crippen molar-refractivity contribution >= 4 is 29.3 Å². The van der Waals surface area contributed by atoms with E-state index < -0.39 is 4.75 Å². The number of hydrogen-bond acceptors (Lipinski definition) is 3. The molecule has 0 bridgehead atoms. The van der Waals surface area contributed by atoms with Crippen LogP contribution in [0.25, 0.3) is 0 Å². The predicted octanol–water partition coefficient (Wildman–Crippen LogP) is 2.82. The lowest BCUT2D eigenvalue weighted by molar-refractivity contribution is -0.132. The zero-order chi connectivity index (χ0) is 15.8. The Labute approximate surface area is 130 Å². The number of nitrogens with one attached hydrogen (secondary N) is 1. The Morgan fingerprint density at radius 1 is 1.33 bits per heavy atom. The Hall–Kier alpha value is -1.49. The highest BCUT2D eigenvalue weighted by molar-refractivity contribution is 8.02. The van der Waals surface area contributed by atoms with E-state index in [-0.39, 0.29) is 17.4 Å². The largest absolute Gasteiger partial charge is 0.350 e. The molecule has 5 heteroatoms. The number of carbonyl (C=O) groups excluding carboxylic acids is 2. The second kappa shape index (κ2) is 5.37. The van der Waals surface area contributed by atoms with Crippen molar-refractivity contribution < 1.29 is 9.59 Å². The Morgan fingerprint density at radius 3 is 2.52 bits per heavy atom. The molecule has 0 fully saturated rings. The third kappa shape index (κ3) is 2.93. The molecule has 0 radical (unpaired) electrons. The van der Waals surface area contributed by atoms with Crippen LogP contribution in [0.4, 0.5) is 5.69 Å².